The number of hydrogen-bond acceptors (Lipinski definition) is 4. The molecule has 0 aliphatic heterocycles. The zero-order valence-corrected chi connectivity index (χ0v) is 10.4. The number of phenolic OH excluding ortho intramolecular Hbond substituents is 2. The average Bonchev–Trinajstić information content (AvgIpc) is 2.24. The quantitative estimate of drug-likeness (QED) is 0.625. The maximum absolute atomic E-state index is 11.6. The van der Waals surface area contributed by atoms with E-state index in [4.69, 9.17) is 4.74 Å². The minimum Gasteiger partial charge on any atom is -0.504 e. The smallest absolute Gasteiger partial charge is 0.338 e. The molecule has 0 radical (unpaired) electrons. The summed E-state index contributed by atoms with van der Waals surface area (Å²) in [6, 6.07) is 2.70. The van der Waals surface area contributed by atoms with Crippen molar-refractivity contribution in [1.82, 2.24) is 0 Å². The van der Waals surface area contributed by atoms with Crippen molar-refractivity contribution < 1.29 is 19.7 Å². The number of esters is 1. The Morgan fingerprint density at radius 3 is 2.53 bits per heavy atom. The maximum atomic E-state index is 11.6. The van der Waals surface area contributed by atoms with E-state index in [9.17, 15) is 15.0 Å². The number of ether oxygens (including phenoxy) is 1. The lowest BCUT2D eigenvalue weighted by Gasteiger charge is -2.08. The summed E-state index contributed by atoms with van der Waals surface area (Å²) in [6.45, 7) is 6.06. The predicted octanol–water partition coefficient (Wildman–Crippen LogP) is 2.61. The number of rotatable bonds is 4. The lowest BCUT2D eigenvalue weighted by Crippen LogP contribution is -2.08. The van der Waals surface area contributed by atoms with Crippen LogP contribution in [0.5, 0.6) is 11.5 Å². The Balaban J connectivity index is 2.70. The van der Waals surface area contributed by atoms with Gasteiger partial charge < -0.3 is 14.9 Å². The number of aryl methyl sites for hydroxylation is 1. The molecule has 0 spiro atoms. The minimum atomic E-state index is -0.482. The largest absolute Gasteiger partial charge is 0.504 e. The molecule has 0 aromatic heterocycles. The molecule has 0 aliphatic carbocycles. The van der Waals surface area contributed by atoms with E-state index < -0.39 is 5.97 Å². The van der Waals surface area contributed by atoms with Crippen LogP contribution in [0.15, 0.2) is 12.1 Å². The summed E-state index contributed by atoms with van der Waals surface area (Å²) in [5, 5.41) is 18.7. The van der Waals surface area contributed by atoms with E-state index in [0.29, 0.717) is 18.1 Å². The van der Waals surface area contributed by atoms with E-state index in [1.165, 1.54) is 12.1 Å². The summed E-state index contributed by atoms with van der Waals surface area (Å²) in [5.41, 5.74) is 0.697. The fourth-order valence-electron chi connectivity index (χ4n) is 1.35. The van der Waals surface area contributed by atoms with Crippen molar-refractivity contribution in [3.05, 3.63) is 23.3 Å². The van der Waals surface area contributed by atoms with Gasteiger partial charge >= 0.3 is 5.97 Å². The van der Waals surface area contributed by atoms with E-state index in [0.717, 1.165) is 6.42 Å². The van der Waals surface area contributed by atoms with Crippen molar-refractivity contribution in [2.45, 2.75) is 27.2 Å². The van der Waals surface area contributed by atoms with Crippen LogP contribution in [-0.4, -0.2) is 22.8 Å². The Hall–Kier alpha value is -1.71. The first kappa shape index (κ1) is 13.4. The van der Waals surface area contributed by atoms with Crippen LogP contribution in [0.25, 0.3) is 0 Å². The van der Waals surface area contributed by atoms with Crippen LogP contribution in [0.4, 0.5) is 0 Å². The first-order valence-corrected chi connectivity index (χ1v) is 5.61. The van der Waals surface area contributed by atoms with Crippen LogP contribution in [-0.2, 0) is 4.74 Å². The second kappa shape index (κ2) is 5.57. The summed E-state index contributed by atoms with van der Waals surface area (Å²) in [6.07, 6.45) is 0.800. The second-order valence-electron chi connectivity index (χ2n) is 4.48. The average molecular weight is 238 g/mol. The molecule has 4 heteroatoms. The number of benzene rings is 1. The monoisotopic (exact) mass is 238 g/mol. The Kier molecular flexibility index (Phi) is 4.37. The molecule has 0 saturated carbocycles. The molecule has 1 aromatic carbocycles. The van der Waals surface area contributed by atoms with E-state index >= 15 is 0 Å². The molecule has 4 nitrogen and oxygen atoms in total. The van der Waals surface area contributed by atoms with E-state index in [-0.39, 0.29) is 17.1 Å². The summed E-state index contributed by atoms with van der Waals surface area (Å²) in [4.78, 5) is 11.6. The molecule has 2 N–H and O–H groups in total. The van der Waals surface area contributed by atoms with E-state index in [2.05, 4.69) is 0 Å². The molecule has 0 fully saturated rings. The Labute approximate surface area is 101 Å². The number of aromatic hydroxyl groups is 2. The van der Waals surface area contributed by atoms with Gasteiger partial charge in [-0.05, 0) is 37.0 Å². The fourth-order valence-corrected chi connectivity index (χ4v) is 1.35. The van der Waals surface area contributed by atoms with Crippen LogP contribution < -0.4 is 0 Å². The van der Waals surface area contributed by atoms with Crippen LogP contribution >= 0.6 is 0 Å². The van der Waals surface area contributed by atoms with Gasteiger partial charge in [0.1, 0.15) is 0 Å². The van der Waals surface area contributed by atoms with Crippen molar-refractivity contribution >= 4 is 5.97 Å². The first-order valence-electron chi connectivity index (χ1n) is 5.61. The normalized spacial score (nSPS) is 10.6. The number of carbonyl (C=O) groups is 1. The van der Waals surface area contributed by atoms with Gasteiger partial charge in [-0.3, -0.25) is 0 Å². The molecule has 0 unspecified atom stereocenters. The van der Waals surface area contributed by atoms with Gasteiger partial charge in [-0.15, -0.1) is 0 Å². The highest BCUT2D eigenvalue weighted by atomic mass is 16.5. The molecular weight excluding hydrogens is 220 g/mol. The minimum absolute atomic E-state index is 0.205. The zero-order chi connectivity index (χ0) is 13.0. The lowest BCUT2D eigenvalue weighted by atomic mass is 10.1. The van der Waals surface area contributed by atoms with Gasteiger partial charge in [0.2, 0.25) is 0 Å². The summed E-state index contributed by atoms with van der Waals surface area (Å²) in [7, 11) is 0. The predicted molar refractivity (Wildman–Crippen MR) is 64.2 cm³/mol. The topological polar surface area (TPSA) is 66.8 Å². The van der Waals surface area contributed by atoms with Gasteiger partial charge in [0.05, 0.1) is 12.2 Å². The summed E-state index contributed by atoms with van der Waals surface area (Å²) < 4.78 is 5.06. The van der Waals surface area contributed by atoms with Crippen molar-refractivity contribution in [1.29, 1.82) is 0 Å². The third-order valence-corrected chi connectivity index (χ3v) is 2.44. The van der Waals surface area contributed by atoms with Gasteiger partial charge in [-0.25, -0.2) is 4.79 Å². The molecule has 0 heterocycles. The zero-order valence-electron chi connectivity index (χ0n) is 10.4. The Bertz CT molecular complexity index is 387. The fraction of sp³-hybridized carbons (Fsp3) is 0.462. The molecule has 0 amide bonds. The molecule has 0 aliphatic rings. The highest BCUT2D eigenvalue weighted by Crippen LogP contribution is 2.29. The SMILES string of the molecule is Cc1cc(C(=O)OCCC(C)C)cc(O)c1O. The van der Waals surface area contributed by atoms with E-state index in [1.54, 1.807) is 6.92 Å². The molecule has 1 rings (SSSR count). The van der Waals surface area contributed by atoms with E-state index in [1.807, 2.05) is 13.8 Å². The van der Waals surface area contributed by atoms with Crippen molar-refractivity contribution in [2.24, 2.45) is 5.92 Å². The van der Waals surface area contributed by atoms with Gasteiger partial charge in [0.25, 0.3) is 0 Å². The van der Waals surface area contributed by atoms with Crippen LogP contribution in [0.1, 0.15) is 36.2 Å². The Morgan fingerprint density at radius 2 is 2.00 bits per heavy atom. The second-order valence-corrected chi connectivity index (χ2v) is 4.48. The van der Waals surface area contributed by atoms with Crippen LogP contribution in [0.3, 0.4) is 0 Å². The van der Waals surface area contributed by atoms with Crippen molar-refractivity contribution in [3.63, 3.8) is 0 Å². The molecule has 0 saturated heterocycles. The van der Waals surface area contributed by atoms with Crippen molar-refractivity contribution in [2.75, 3.05) is 6.61 Å². The molecule has 17 heavy (non-hydrogen) atoms. The number of phenols is 2. The van der Waals surface area contributed by atoms with Crippen LogP contribution in [0.2, 0.25) is 0 Å². The maximum Gasteiger partial charge on any atom is 0.338 e. The Morgan fingerprint density at radius 1 is 1.35 bits per heavy atom. The number of carbonyl (C=O) groups excluding carboxylic acids is 1. The van der Waals surface area contributed by atoms with Gasteiger partial charge in [-0.1, -0.05) is 13.8 Å². The number of hydrogen-bond donors (Lipinski definition) is 2. The van der Waals surface area contributed by atoms with Gasteiger partial charge in [0.15, 0.2) is 11.5 Å². The molecule has 0 bridgehead atoms. The first-order chi connectivity index (χ1) is 7.91. The third-order valence-electron chi connectivity index (χ3n) is 2.44. The third kappa shape index (κ3) is 3.66. The molecule has 0 atom stereocenters. The lowest BCUT2D eigenvalue weighted by molar-refractivity contribution is 0.0487. The molecular formula is C13H18O4. The summed E-state index contributed by atoms with van der Waals surface area (Å²) >= 11 is 0. The standard InChI is InChI=1S/C13H18O4/c1-8(2)4-5-17-13(16)10-6-9(3)12(15)11(14)7-10/h6-8,14-15H,4-5H2,1-3H3. The highest BCUT2D eigenvalue weighted by molar-refractivity contribution is 5.90. The van der Waals surface area contributed by atoms with Crippen molar-refractivity contribution in [3.8, 4) is 11.5 Å². The molecule has 1 aromatic rings. The molecule has 94 valence electrons. The van der Waals surface area contributed by atoms with Gasteiger partial charge in [-0.2, -0.15) is 0 Å². The van der Waals surface area contributed by atoms with Crippen LogP contribution in [0, 0.1) is 12.8 Å². The van der Waals surface area contributed by atoms with Gasteiger partial charge in [0, 0.05) is 0 Å². The highest BCUT2D eigenvalue weighted by Gasteiger charge is 2.12. The summed E-state index contributed by atoms with van der Waals surface area (Å²) in [5.74, 6) is -0.522.